The van der Waals surface area contributed by atoms with E-state index in [1.54, 1.807) is 6.26 Å². The molecular formula is C15H21N3O3S. The number of aromatic nitrogens is 2. The second kappa shape index (κ2) is 5.25. The van der Waals surface area contributed by atoms with E-state index in [1.807, 2.05) is 12.4 Å². The lowest BCUT2D eigenvalue weighted by Gasteiger charge is -2.51. The van der Waals surface area contributed by atoms with Gasteiger partial charge in [0, 0.05) is 49.0 Å². The van der Waals surface area contributed by atoms with E-state index in [-0.39, 0.29) is 11.5 Å². The smallest absolute Gasteiger partial charge is 0.225 e. The van der Waals surface area contributed by atoms with Crippen LogP contribution in [0.4, 0.5) is 5.95 Å². The summed E-state index contributed by atoms with van der Waals surface area (Å²) in [5, 5.41) is 0. The Bertz CT molecular complexity index is 596. The summed E-state index contributed by atoms with van der Waals surface area (Å²) in [6, 6.07) is 0. The average Bonchev–Trinajstić information content (AvgIpc) is 3.05. The zero-order valence-electron chi connectivity index (χ0n) is 12.9. The van der Waals surface area contributed by atoms with Crippen molar-refractivity contribution in [2.24, 2.45) is 17.3 Å². The molecule has 1 spiro atoms. The van der Waals surface area contributed by atoms with Crippen LogP contribution in [-0.4, -0.2) is 52.8 Å². The Labute approximate surface area is 132 Å². The quantitative estimate of drug-likeness (QED) is 0.817. The molecule has 5 unspecified atom stereocenters. The molecule has 0 bridgehead atoms. The zero-order valence-corrected chi connectivity index (χ0v) is 13.7. The van der Waals surface area contributed by atoms with Crippen LogP contribution >= 0.6 is 0 Å². The molecule has 1 aliphatic carbocycles. The molecule has 3 heterocycles. The monoisotopic (exact) mass is 323 g/mol. The van der Waals surface area contributed by atoms with Crippen molar-refractivity contribution < 1.29 is 13.1 Å². The minimum Gasteiger partial charge on any atom is -0.380 e. The maximum Gasteiger partial charge on any atom is 0.225 e. The molecule has 3 fully saturated rings. The Morgan fingerprint density at radius 2 is 2.23 bits per heavy atom. The van der Waals surface area contributed by atoms with Gasteiger partial charge in [-0.1, -0.05) is 6.92 Å². The second-order valence-corrected chi connectivity index (χ2v) is 7.54. The molecule has 2 aliphatic heterocycles. The molecule has 1 aromatic heterocycles. The number of ether oxygens (including phenoxy) is 1. The van der Waals surface area contributed by atoms with Crippen molar-refractivity contribution in [2.45, 2.75) is 19.4 Å². The van der Waals surface area contributed by atoms with E-state index in [1.165, 1.54) is 0 Å². The van der Waals surface area contributed by atoms with Crippen molar-refractivity contribution >= 4 is 17.0 Å². The van der Waals surface area contributed by atoms with Crippen molar-refractivity contribution in [1.29, 1.82) is 0 Å². The van der Waals surface area contributed by atoms with Gasteiger partial charge in [-0.2, -0.15) is 0 Å². The third-order valence-corrected chi connectivity index (χ3v) is 5.96. The van der Waals surface area contributed by atoms with Crippen LogP contribution in [-0.2, 0) is 26.4 Å². The molecule has 120 valence electrons. The Hall–Kier alpha value is -1.05. The molecule has 22 heavy (non-hydrogen) atoms. The molecule has 3 aliphatic rings. The van der Waals surface area contributed by atoms with E-state index in [4.69, 9.17) is 8.92 Å². The van der Waals surface area contributed by atoms with E-state index in [0.717, 1.165) is 37.6 Å². The van der Waals surface area contributed by atoms with E-state index >= 15 is 0 Å². The van der Waals surface area contributed by atoms with Gasteiger partial charge in [0.2, 0.25) is 5.95 Å². The summed E-state index contributed by atoms with van der Waals surface area (Å²) < 4.78 is 22.8. The average molecular weight is 323 g/mol. The summed E-state index contributed by atoms with van der Waals surface area (Å²) in [6.07, 6.45) is 6.37. The van der Waals surface area contributed by atoms with Crippen LogP contribution < -0.4 is 4.90 Å². The van der Waals surface area contributed by atoms with Crippen LogP contribution in [0.5, 0.6) is 0 Å². The number of hydrogen-bond donors (Lipinski definition) is 0. The van der Waals surface area contributed by atoms with Gasteiger partial charge in [-0.25, -0.2) is 14.2 Å². The normalized spacial score (nSPS) is 37.5. The Morgan fingerprint density at radius 3 is 2.91 bits per heavy atom. The highest BCUT2D eigenvalue weighted by atomic mass is 32.2. The minimum absolute atomic E-state index is 0.0354. The summed E-state index contributed by atoms with van der Waals surface area (Å²) in [5.74, 6) is 1.49. The molecule has 0 aromatic carbocycles. The first kappa shape index (κ1) is 14.5. The van der Waals surface area contributed by atoms with Crippen LogP contribution in [0.3, 0.4) is 0 Å². The predicted molar refractivity (Wildman–Crippen MR) is 82.8 cm³/mol. The van der Waals surface area contributed by atoms with E-state index in [9.17, 15) is 4.21 Å². The van der Waals surface area contributed by atoms with Gasteiger partial charge in [0.1, 0.15) is 0 Å². The topological polar surface area (TPSA) is 64.6 Å². The molecule has 1 saturated carbocycles. The Morgan fingerprint density at radius 1 is 1.45 bits per heavy atom. The standard InChI is InChI=1S/C15H21N3O3S/c1-3-10-4-16-14(17-5-10)18-6-11-13(21-22(2)19)12-7-20-9-15(11,12)8-18/h4-5,11-13H,3,6-9H2,1-2H3. The van der Waals surface area contributed by atoms with Gasteiger partial charge in [0.15, 0.2) is 11.1 Å². The van der Waals surface area contributed by atoms with Gasteiger partial charge in [-0.15, -0.1) is 0 Å². The molecule has 7 heteroatoms. The first-order valence-corrected chi connectivity index (χ1v) is 9.26. The van der Waals surface area contributed by atoms with Crippen LogP contribution in [0.25, 0.3) is 0 Å². The molecule has 0 amide bonds. The van der Waals surface area contributed by atoms with E-state index in [2.05, 4.69) is 21.8 Å². The summed E-state index contributed by atoms with van der Waals surface area (Å²) >= 11 is -1.23. The highest BCUT2D eigenvalue weighted by Crippen LogP contribution is 2.60. The highest BCUT2D eigenvalue weighted by molar-refractivity contribution is 7.79. The molecular weight excluding hydrogens is 302 g/mol. The van der Waals surface area contributed by atoms with Gasteiger partial charge in [-0.05, 0) is 12.0 Å². The summed E-state index contributed by atoms with van der Waals surface area (Å²) in [7, 11) is 0. The molecule has 5 atom stereocenters. The maximum absolute atomic E-state index is 11.5. The third-order valence-electron chi connectivity index (χ3n) is 5.47. The van der Waals surface area contributed by atoms with Crippen molar-refractivity contribution in [1.82, 2.24) is 9.97 Å². The van der Waals surface area contributed by atoms with Crippen LogP contribution in [0, 0.1) is 17.3 Å². The number of hydrogen-bond acceptors (Lipinski definition) is 6. The van der Waals surface area contributed by atoms with Gasteiger partial charge < -0.3 is 9.64 Å². The Balaban J connectivity index is 1.55. The molecule has 2 saturated heterocycles. The number of anilines is 1. The van der Waals surface area contributed by atoms with Crippen LogP contribution in [0.2, 0.25) is 0 Å². The van der Waals surface area contributed by atoms with Gasteiger partial charge in [0.25, 0.3) is 0 Å². The predicted octanol–water partition coefficient (Wildman–Crippen LogP) is 0.800. The SMILES string of the molecule is CCc1cnc(N2CC3C(OS(C)=O)C4COCC43C2)nc1. The maximum atomic E-state index is 11.5. The number of aryl methyl sites for hydroxylation is 1. The fraction of sp³-hybridized carbons (Fsp3) is 0.733. The molecule has 6 nitrogen and oxygen atoms in total. The number of rotatable bonds is 4. The largest absolute Gasteiger partial charge is 0.380 e. The number of nitrogens with zero attached hydrogens (tertiary/aromatic N) is 3. The van der Waals surface area contributed by atoms with Crippen molar-refractivity contribution in [3.05, 3.63) is 18.0 Å². The minimum atomic E-state index is -1.23. The van der Waals surface area contributed by atoms with Gasteiger partial charge >= 0.3 is 0 Å². The van der Waals surface area contributed by atoms with Crippen molar-refractivity contribution in [3.63, 3.8) is 0 Å². The fourth-order valence-electron chi connectivity index (χ4n) is 4.30. The molecule has 4 rings (SSSR count). The summed E-state index contributed by atoms with van der Waals surface area (Å²) in [6.45, 7) is 5.34. The first-order chi connectivity index (χ1) is 10.6. The second-order valence-electron chi connectivity index (χ2n) is 6.55. The van der Waals surface area contributed by atoms with Crippen molar-refractivity contribution in [2.75, 3.05) is 37.5 Å². The molecule has 1 aromatic rings. The van der Waals surface area contributed by atoms with Crippen LogP contribution in [0.15, 0.2) is 12.4 Å². The van der Waals surface area contributed by atoms with E-state index in [0.29, 0.717) is 18.4 Å². The van der Waals surface area contributed by atoms with E-state index < -0.39 is 11.1 Å². The fourth-order valence-corrected chi connectivity index (χ4v) is 4.88. The lowest BCUT2D eigenvalue weighted by Crippen LogP contribution is -2.60. The highest BCUT2D eigenvalue weighted by Gasteiger charge is 2.69. The molecule has 0 N–H and O–H groups in total. The van der Waals surface area contributed by atoms with Gasteiger partial charge in [-0.3, -0.25) is 4.18 Å². The van der Waals surface area contributed by atoms with Gasteiger partial charge in [0.05, 0.1) is 19.3 Å². The lowest BCUT2D eigenvalue weighted by molar-refractivity contribution is -0.0935. The summed E-state index contributed by atoms with van der Waals surface area (Å²) in [4.78, 5) is 11.2. The van der Waals surface area contributed by atoms with Crippen molar-refractivity contribution in [3.8, 4) is 0 Å². The Kier molecular flexibility index (Phi) is 3.47. The summed E-state index contributed by atoms with van der Waals surface area (Å²) in [5.41, 5.74) is 1.28. The lowest BCUT2D eigenvalue weighted by atomic mass is 9.54. The third kappa shape index (κ3) is 2.02. The first-order valence-electron chi connectivity index (χ1n) is 7.78. The zero-order chi connectivity index (χ0) is 15.3. The van der Waals surface area contributed by atoms with Crippen LogP contribution in [0.1, 0.15) is 12.5 Å². The molecule has 0 radical (unpaired) electrons.